The van der Waals surface area contributed by atoms with Gasteiger partial charge in [-0.3, -0.25) is 0 Å². The van der Waals surface area contributed by atoms with Crippen molar-refractivity contribution in [3.05, 3.63) is 66.7 Å². The van der Waals surface area contributed by atoms with Crippen molar-refractivity contribution < 1.29 is 10.2 Å². The summed E-state index contributed by atoms with van der Waals surface area (Å²) >= 11 is 0. The molecule has 0 fully saturated rings. The number of hydrogen-bond acceptors (Lipinski definition) is 2. The third-order valence-electron chi connectivity index (χ3n) is 3.16. The van der Waals surface area contributed by atoms with Gasteiger partial charge in [0, 0.05) is 10.5 Å². The zero-order chi connectivity index (χ0) is 13.9. The molecule has 98 valence electrons. The third kappa shape index (κ3) is 2.97. The van der Waals surface area contributed by atoms with Gasteiger partial charge >= 0.3 is 0 Å². The number of phenols is 2. The SMILES string of the molecule is C=CC(C)(Pc1cc(O)ccc1O)c1ccccc1. The molecule has 0 spiro atoms. The summed E-state index contributed by atoms with van der Waals surface area (Å²) < 4.78 is 0. The molecule has 0 heterocycles. The molecule has 2 rings (SSSR count). The summed E-state index contributed by atoms with van der Waals surface area (Å²) in [5.41, 5.74) is 1.14. The quantitative estimate of drug-likeness (QED) is 0.508. The summed E-state index contributed by atoms with van der Waals surface area (Å²) in [5.74, 6) is 0.375. The summed E-state index contributed by atoms with van der Waals surface area (Å²) in [5, 5.41) is 19.9. The number of allylic oxidation sites excluding steroid dienone is 1. The molecule has 3 heteroatoms. The maximum absolute atomic E-state index is 9.90. The fourth-order valence-electron chi connectivity index (χ4n) is 1.93. The van der Waals surface area contributed by atoms with Crippen LogP contribution in [-0.2, 0) is 5.16 Å². The van der Waals surface area contributed by atoms with Gasteiger partial charge in [-0.25, -0.2) is 0 Å². The molecular weight excluding hydrogens is 255 g/mol. The molecule has 0 aromatic heterocycles. The lowest BCUT2D eigenvalue weighted by Crippen LogP contribution is -2.16. The van der Waals surface area contributed by atoms with Crippen LogP contribution in [-0.4, -0.2) is 10.2 Å². The van der Waals surface area contributed by atoms with Crippen molar-refractivity contribution in [3.8, 4) is 11.5 Å². The van der Waals surface area contributed by atoms with Gasteiger partial charge in [0.15, 0.2) is 0 Å². The highest BCUT2D eigenvalue weighted by atomic mass is 31.1. The fourth-order valence-corrected chi connectivity index (χ4v) is 3.33. The molecular formula is C16H17O2P. The van der Waals surface area contributed by atoms with E-state index in [1.54, 1.807) is 6.07 Å². The second-order valence-electron chi connectivity index (χ2n) is 4.60. The molecule has 0 aliphatic heterocycles. The van der Waals surface area contributed by atoms with E-state index >= 15 is 0 Å². The van der Waals surface area contributed by atoms with Crippen molar-refractivity contribution in [1.29, 1.82) is 0 Å². The van der Waals surface area contributed by atoms with Gasteiger partial charge in [-0.2, -0.15) is 0 Å². The second-order valence-corrected chi connectivity index (χ2v) is 6.43. The van der Waals surface area contributed by atoms with E-state index in [4.69, 9.17) is 0 Å². The van der Waals surface area contributed by atoms with Crippen LogP contribution < -0.4 is 5.30 Å². The van der Waals surface area contributed by atoms with Crippen molar-refractivity contribution in [1.82, 2.24) is 0 Å². The average molecular weight is 272 g/mol. The monoisotopic (exact) mass is 272 g/mol. The van der Waals surface area contributed by atoms with Crippen LogP contribution in [0.5, 0.6) is 11.5 Å². The maximum Gasteiger partial charge on any atom is 0.123 e. The molecule has 2 unspecified atom stereocenters. The predicted molar refractivity (Wildman–Crippen MR) is 81.7 cm³/mol. The molecule has 0 saturated heterocycles. The lowest BCUT2D eigenvalue weighted by atomic mass is 10.0. The molecule has 0 aliphatic carbocycles. The normalized spacial score (nSPS) is 14.4. The van der Waals surface area contributed by atoms with Gasteiger partial charge in [0.05, 0.1) is 0 Å². The van der Waals surface area contributed by atoms with Crippen molar-refractivity contribution >= 4 is 13.9 Å². The largest absolute Gasteiger partial charge is 0.508 e. The summed E-state index contributed by atoms with van der Waals surface area (Å²) in [6.07, 6.45) is 1.89. The van der Waals surface area contributed by atoms with Crippen LogP contribution in [0.25, 0.3) is 0 Å². The first-order chi connectivity index (χ1) is 9.05. The Morgan fingerprint density at radius 1 is 1.11 bits per heavy atom. The number of rotatable bonds is 4. The molecule has 0 saturated carbocycles. The van der Waals surface area contributed by atoms with Crippen molar-refractivity contribution in [3.63, 3.8) is 0 Å². The Bertz CT molecular complexity index is 581. The summed E-state index contributed by atoms with van der Waals surface area (Å²) in [6.45, 7) is 6.00. The molecule has 19 heavy (non-hydrogen) atoms. The molecule has 2 aromatic rings. The maximum atomic E-state index is 9.90. The zero-order valence-electron chi connectivity index (χ0n) is 10.8. The highest BCUT2D eigenvalue weighted by Gasteiger charge is 2.24. The first-order valence-corrected chi connectivity index (χ1v) is 7.04. The standard InChI is InChI=1S/C16H17O2P/c1-3-16(2,12-7-5-4-6-8-12)19-15-11-13(17)9-10-14(15)18/h3-11,17-19H,1H2,2H3. The average Bonchev–Trinajstić information content (AvgIpc) is 2.44. The van der Waals surface area contributed by atoms with E-state index in [0.717, 1.165) is 10.9 Å². The molecule has 2 atom stereocenters. The number of phenolic OH excluding ortho intramolecular Hbond substituents is 2. The van der Waals surface area contributed by atoms with Gasteiger partial charge in [-0.1, -0.05) is 45.0 Å². The predicted octanol–water partition coefficient (Wildman–Crippen LogP) is 3.50. The van der Waals surface area contributed by atoms with E-state index in [-0.39, 0.29) is 16.7 Å². The highest BCUT2D eigenvalue weighted by molar-refractivity contribution is 7.49. The number of benzene rings is 2. The van der Waals surface area contributed by atoms with Crippen molar-refractivity contribution in [2.45, 2.75) is 12.1 Å². The molecule has 0 aliphatic rings. The zero-order valence-corrected chi connectivity index (χ0v) is 11.8. The van der Waals surface area contributed by atoms with Gasteiger partial charge in [-0.15, -0.1) is 6.58 Å². The summed E-state index contributed by atoms with van der Waals surface area (Å²) in [6, 6.07) is 14.7. The van der Waals surface area contributed by atoms with E-state index in [9.17, 15) is 10.2 Å². The molecule has 0 bridgehead atoms. The van der Waals surface area contributed by atoms with E-state index in [1.807, 2.05) is 24.3 Å². The molecule has 2 N–H and O–H groups in total. The molecule has 0 radical (unpaired) electrons. The van der Waals surface area contributed by atoms with Crippen LogP contribution in [0.1, 0.15) is 12.5 Å². The Morgan fingerprint density at radius 2 is 1.79 bits per heavy atom. The Hall–Kier alpha value is -1.79. The minimum atomic E-state index is -0.257. The Balaban J connectivity index is 2.38. The van der Waals surface area contributed by atoms with E-state index in [2.05, 4.69) is 25.6 Å². The van der Waals surface area contributed by atoms with E-state index in [1.165, 1.54) is 12.1 Å². The van der Waals surface area contributed by atoms with Gasteiger partial charge in [-0.05, 0) is 30.7 Å². The van der Waals surface area contributed by atoms with Crippen LogP contribution in [0.3, 0.4) is 0 Å². The van der Waals surface area contributed by atoms with Gasteiger partial charge < -0.3 is 10.2 Å². The van der Waals surface area contributed by atoms with Gasteiger partial charge in [0.1, 0.15) is 11.5 Å². The van der Waals surface area contributed by atoms with Gasteiger partial charge in [0.25, 0.3) is 0 Å². The fraction of sp³-hybridized carbons (Fsp3) is 0.125. The van der Waals surface area contributed by atoms with Crippen LogP contribution in [0.15, 0.2) is 61.2 Å². The second kappa shape index (κ2) is 5.46. The minimum Gasteiger partial charge on any atom is -0.508 e. The molecule has 2 nitrogen and oxygen atoms in total. The Labute approximate surface area is 115 Å². The number of aromatic hydroxyl groups is 2. The lowest BCUT2D eigenvalue weighted by molar-refractivity contribution is 0.463. The smallest absolute Gasteiger partial charge is 0.123 e. The van der Waals surface area contributed by atoms with E-state index < -0.39 is 0 Å². The molecule has 2 aromatic carbocycles. The lowest BCUT2D eigenvalue weighted by Gasteiger charge is -2.27. The van der Waals surface area contributed by atoms with Crippen molar-refractivity contribution in [2.75, 3.05) is 0 Å². The first-order valence-electron chi connectivity index (χ1n) is 6.04. The first kappa shape index (κ1) is 13.6. The van der Waals surface area contributed by atoms with Crippen LogP contribution >= 0.6 is 8.58 Å². The highest BCUT2D eigenvalue weighted by Crippen LogP contribution is 2.43. The topological polar surface area (TPSA) is 40.5 Å². The minimum absolute atomic E-state index is 0.166. The van der Waals surface area contributed by atoms with Crippen LogP contribution in [0, 0.1) is 0 Å². The van der Waals surface area contributed by atoms with Crippen LogP contribution in [0.4, 0.5) is 0 Å². The summed E-state index contributed by atoms with van der Waals surface area (Å²) in [7, 11) is 0.293. The van der Waals surface area contributed by atoms with E-state index in [0.29, 0.717) is 8.58 Å². The van der Waals surface area contributed by atoms with Crippen LogP contribution in [0.2, 0.25) is 0 Å². The van der Waals surface area contributed by atoms with Crippen molar-refractivity contribution in [2.24, 2.45) is 0 Å². The number of hydrogen-bond donors (Lipinski definition) is 2. The Kier molecular flexibility index (Phi) is 3.92. The molecule has 0 amide bonds. The Morgan fingerprint density at radius 3 is 2.42 bits per heavy atom. The third-order valence-corrected chi connectivity index (χ3v) is 4.84. The van der Waals surface area contributed by atoms with Gasteiger partial charge in [0.2, 0.25) is 0 Å². The summed E-state index contributed by atoms with van der Waals surface area (Å²) in [4.78, 5) is 0.